The zero-order valence-electron chi connectivity index (χ0n) is 23.8. The molecule has 0 aliphatic heterocycles. The molecule has 208 valence electrons. The molecule has 35 heavy (non-hydrogen) atoms. The minimum absolute atomic E-state index is 0.135. The quantitative estimate of drug-likeness (QED) is 0.198. The van der Waals surface area contributed by atoms with Crippen LogP contribution in [0.25, 0.3) is 0 Å². The van der Waals surface area contributed by atoms with Crippen molar-refractivity contribution in [3.05, 3.63) is 0 Å². The van der Waals surface area contributed by atoms with Crippen LogP contribution in [0.1, 0.15) is 108 Å². The Bertz CT molecular complexity index is 656. The van der Waals surface area contributed by atoms with Crippen LogP contribution in [-0.4, -0.2) is 64.8 Å². The number of rotatable bonds is 20. The molecule has 0 aromatic rings. The average Bonchev–Trinajstić information content (AvgIpc) is 2.68. The maximum atomic E-state index is 12.7. The second kappa shape index (κ2) is 14.3. The molecule has 0 heterocycles. The molecule has 0 radical (unpaired) electrons. The van der Waals surface area contributed by atoms with Crippen LogP contribution in [0.3, 0.4) is 0 Å². The minimum Gasteiger partial charge on any atom is -0.375 e. The van der Waals surface area contributed by atoms with Crippen LogP contribution < -0.4 is 0 Å². The highest BCUT2D eigenvalue weighted by Crippen LogP contribution is 2.43. The molecule has 1 N–H and O–H groups in total. The van der Waals surface area contributed by atoms with Crippen LogP contribution >= 0.6 is 7.37 Å². The van der Waals surface area contributed by atoms with Gasteiger partial charge in [0, 0.05) is 12.8 Å². The van der Waals surface area contributed by atoms with E-state index in [0.717, 1.165) is 0 Å². The van der Waals surface area contributed by atoms with Gasteiger partial charge in [0.25, 0.3) is 0 Å². The molecule has 0 saturated carbocycles. The minimum atomic E-state index is -3.66. The molecule has 0 unspecified atom stereocenters. The van der Waals surface area contributed by atoms with Crippen molar-refractivity contribution < 1.29 is 38.0 Å². The summed E-state index contributed by atoms with van der Waals surface area (Å²) in [5, 5.41) is 0. The van der Waals surface area contributed by atoms with E-state index in [1.54, 1.807) is 13.8 Å². The third-order valence-electron chi connectivity index (χ3n) is 5.87. The van der Waals surface area contributed by atoms with Crippen molar-refractivity contribution in [2.45, 2.75) is 130 Å². The fourth-order valence-corrected chi connectivity index (χ4v) is 4.15. The fourth-order valence-electron chi connectivity index (χ4n) is 2.98. The average molecular weight is 523 g/mol. The first-order valence-electron chi connectivity index (χ1n) is 12.5. The molecule has 0 aliphatic carbocycles. The summed E-state index contributed by atoms with van der Waals surface area (Å²) in [6, 6.07) is 0. The molecule has 0 atom stereocenters. The van der Waals surface area contributed by atoms with E-state index in [9.17, 15) is 19.0 Å². The van der Waals surface area contributed by atoms with E-state index in [-0.39, 0.29) is 24.3 Å². The summed E-state index contributed by atoms with van der Waals surface area (Å²) in [5.41, 5.74) is -2.13. The highest BCUT2D eigenvalue weighted by Gasteiger charge is 2.30. The van der Waals surface area contributed by atoms with Gasteiger partial charge in [-0.3, -0.25) is 4.57 Å². The van der Waals surface area contributed by atoms with E-state index in [0.29, 0.717) is 51.7 Å². The van der Waals surface area contributed by atoms with Crippen molar-refractivity contribution in [3.8, 4) is 0 Å². The predicted molar refractivity (Wildman–Crippen MR) is 139 cm³/mol. The summed E-state index contributed by atoms with van der Waals surface area (Å²) in [7, 11) is -3.66. The lowest BCUT2D eigenvalue weighted by Crippen LogP contribution is -2.32. The molecule has 0 aromatic heterocycles. The van der Waals surface area contributed by atoms with Gasteiger partial charge in [-0.15, -0.1) is 0 Å². The third kappa shape index (κ3) is 19.2. The Morgan fingerprint density at radius 3 is 1.17 bits per heavy atom. The fraction of sp³-hybridized carbons (Fsp3) is 0.923. The van der Waals surface area contributed by atoms with Crippen LogP contribution in [0, 0.1) is 0 Å². The normalized spacial score (nSPS) is 13.8. The van der Waals surface area contributed by atoms with E-state index >= 15 is 0 Å². The standard InChI is InChI=1S/C26H51O8P/c1-21(27)11-13-23(3,4)31-17-15-25(7,8)33-19-35(29,30)20-34-26(9,10)16-18-32-24(5,6)14-12-22(2)28/h11-20H2,1-10H3,(H,29,30). The molecular formula is C26H51O8P. The number of carbonyl (C=O) groups excluding carboxylic acids is 2. The summed E-state index contributed by atoms with van der Waals surface area (Å²) in [4.78, 5) is 32.8. The van der Waals surface area contributed by atoms with Crippen LogP contribution in [0.5, 0.6) is 0 Å². The van der Waals surface area contributed by atoms with E-state index in [2.05, 4.69) is 0 Å². The molecule has 0 saturated heterocycles. The highest BCUT2D eigenvalue weighted by atomic mass is 31.2. The number of carbonyl (C=O) groups is 2. The van der Waals surface area contributed by atoms with Crippen LogP contribution in [0.15, 0.2) is 0 Å². The molecular weight excluding hydrogens is 471 g/mol. The van der Waals surface area contributed by atoms with Crippen molar-refractivity contribution in [1.82, 2.24) is 0 Å². The van der Waals surface area contributed by atoms with Gasteiger partial charge in [-0.1, -0.05) is 0 Å². The Kier molecular flexibility index (Phi) is 14.1. The first-order valence-corrected chi connectivity index (χ1v) is 14.5. The van der Waals surface area contributed by atoms with E-state index in [1.807, 2.05) is 55.4 Å². The number of hydrogen-bond acceptors (Lipinski definition) is 7. The second-order valence-electron chi connectivity index (χ2n) is 12.0. The van der Waals surface area contributed by atoms with Gasteiger partial charge in [0.05, 0.1) is 35.6 Å². The largest absolute Gasteiger partial charge is 0.375 e. The molecule has 0 aromatic carbocycles. The van der Waals surface area contributed by atoms with Crippen molar-refractivity contribution in [1.29, 1.82) is 0 Å². The second-order valence-corrected chi connectivity index (χ2v) is 14.2. The van der Waals surface area contributed by atoms with Gasteiger partial charge >= 0.3 is 0 Å². The molecule has 0 bridgehead atoms. The Balaban J connectivity index is 4.45. The lowest BCUT2D eigenvalue weighted by molar-refractivity contribution is -0.119. The van der Waals surface area contributed by atoms with Gasteiger partial charge in [-0.05, 0) is 94.9 Å². The zero-order chi connectivity index (χ0) is 27.6. The number of Topliss-reactive ketones (excluding diaryl/α,β-unsaturated/α-hetero) is 2. The van der Waals surface area contributed by atoms with Gasteiger partial charge in [0.1, 0.15) is 24.3 Å². The monoisotopic (exact) mass is 522 g/mol. The van der Waals surface area contributed by atoms with Gasteiger partial charge in [0.2, 0.25) is 7.37 Å². The van der Waals surface area contributed by atoms with Gasteiger partial charge in [-0.25, -0.2) is 0 Å². The maximum absolute atomic E-state index is 12.7. The van der Waals surface area contributed by atoms with Gasteiger partial charge in [0.15, 0.2) is 0 Å². The smallest absolute Gasteiger partial charge is 0.250 e. The first-order chi connectivity index (χ1) is 15.7. The van der Waals surface area contributed by atoms with Crippen molar-refractivity contribution in [2.24, 2.45) is 0 Å². The first kappa shape index (κ1) is 34.4. The van der Waals surface area contributed by atoms with Crippen LogP contribution in [0.2, 0.25) is 0 Å². The molecule has 0 aliphatic rings. The van der Waals surface area contributed by atoms with Crippen molar-refractivity contribution in [3.63, 3.8) is 0 Å². The lowest BCUT2D eigenvalue weighted by atomic mass is 10.0. The number of ether oxygens (including phenoxy) is 4. The van der Waals surface area contributed by atoms with Gasteiger partial charge < -0.3 is 33.4 Å². The van der Waals surface area contributed by atoms with Gasteiger partial charge in [-0.2, -0.15) is 0 Å². The summed E-state index contributed by atoms with van der Waals surface area (Å²) < 4.78 is 36.0. The van der Waals surface area contributed by atoms with Crippen molar-refractivity contribution >= 4 is 18.9 Å². The zero-order valence-corrected chi connectivity index (χ0v) is 24.7. The molecule has 0 rings (SSSR count). The Hall–Kier alpha value is -0.630. The molecule has 0 spiro atoms. The molecule has 8 nitrogen and oxygen atoms in total. The highest BCUT2D eigenvalue weighted by molar-refractivity contribution is 7.57. The topological polar surface area (TPSA) is 108 Å². The summed E-state index contributed by atoms with van der Waals surface area (Å²) in [5.74, 6) is 0.269. The van der Waals surface area contributed by atoms with Crippen LogP contribution in [-0.2, 0) is 33.1 Å². The van der Waals surface area contributed by atoms with Crippen molar-refractivity contribution in [2.75, 3.05) is 25.9 Å². The number of hydrogen-bond donors (Lipinski definition) is 1. The Morgan fingerprint density at radius 2 is 0.886 bits per heavy atom. The Labute approximate surface area is 213 Å². The number of ketones is 2. The Morgan fingerprint density at radius 1 is 0.600 bits per heavy atom. The summed E-state index contributed by atoms with van der Waals surface area (Å²) >= 11 is 0. The van der Waals surface area contributed by atoms with E-state index in [1.165, 1.54) is 0 Å². The summed E-state index contributed by atoms with van der Waals surface area (Å²) in [6.07, 6.45) is 2.70. The summed E-state index contributed by atoms with van der Waals surface area (Å²) in [6.45, 7) is 19.2. The maximum Gasteiger partial charge on any atom is 0.250 e. The van der Waals surface area contributed by atoms with E-state index < -0.39 is 29.8 Å². The third-order valence-corrected chi connectivity index (χ3v) is 6.93. The predicted octanol–water partition coefficient (Wildman–Crippen LogP) is 5.87. The lowest BCUT2D eigenvalue weighted by Gasteiger charge is -2.31. The SMILES string of the molecule is CC(=O)CCC(C)(C)OCCC(C)(C)OCP(=O)(O)COC(C)(C)CCOC(C)(C)CCC(C)=O. The molecule has 0 amide bonds. The van der Waals surface area contributed by atoms with Crippen LogP contribution in [0.4, 0.5) is 0 Å². The van der Waals surface area contributed by atoms with E-state index in [4.69, 9.17) is 18.9 Å². The molecule has 0 fully saturated rings. The molecule has 9 heteroatoms.